The normalized spacial score (nSPS) is 14.4. The van der Waals surface area contributed by atoms with Crippen molar-refractivity contribution in [3.63, 3.8) is 0 Å². The lowest BCUT2D eigenvalue weighted by Crippen LogP contribution is -2.50. The molecule has 0 aromatic heterocycles. The van der Waals surface area contributed by atoms with Gasteiger partial charge < -0.3 is 9.80 Å². The number of alkyl halides is 3. The van der Waals surface area contributed by atoms with Gasteiger partial charge in [-0.3, -0.25) is 14.9 Å². The van der Waals surface area contributed by atoms with Gasteiger partial charge in [-0.1, -0.05) is 60.7 Å². The first-order valence-corrected chi connectivity index (χ1v) is 10.7. The van der Waals surface area contributed by atoms with E-state index in [4.69, 9.17) is 0 Å². The van der Waals surface area contributed by atoms with Crippen molar-refractivity contribution in [2.75, 3.05) is 31.1 Å². The Morgan fingerprint density at radius 1 is 0.853 bits per heavy atom. The molecule has 9 heteroatoms. The molecule has 1 aliphatic rings. The van der Waals surface area contributed by atoms with Crippen molar-refractivity contribution in [2.24, 2.45) is 0 Å². The summed E-state index contributed by atoms with van der Waals surface area (Å²) in [6.07, 6.45) is -4.67. The minimum absolute atomic E-state index is 0.0843. The van der Waals surface area contributed by atoms with Crippen molar-refractivity contribution in [1.29, 1.82) is 0 Å². The Hall–Kier alpha value is -3.88. The third kappa shape index (κ3) is 4.88. The molecule has 0 atom stereocenters. The summed E-state index contributed by atoms with van der Waals surface area (Å²) in [5, 5.41) is 11.5. The Morgan fingerprint density at radius 2 is 1.38 bits per heavy atom. The van der Waals surface area contributed by atoms with Crippen LogP contribution in [0.1, 0.15) is 22.6 Å². The number of nitro groups is 1. The molecule has 176 valence electrons. The van der Waals surface area contributed by atoms with Gasteiger partial charge in [0.15, 0.2) is 0 Å². The molecule has 34 heavy (non-hydrogen) atoms. The van der Waals surface area contributed by atoms with Gasteiger partial charge in [-0.05, 0) is 23.3 Å². The molecule has 0 saturated carbocycles. The molecule has 1 amide bonds. The fourth-order valence-electron chi connectivity index (χ4n) is 4.23. The highest BCUT2D eigenvalue weighted by atomic mass is 19.4. The summed E-state index contributed by atoms with van der Waals surface area (Å²) in [5.41, 5.74) is 0.179. The molecule has 3 aromatic carbocycles. The molecule has 0 N–H and O–H groups in total. The number of hydrogen-bond acceptors (Lipinski definition) is 4. The molecule has 0 unspecified atom stereocenters. The number of hydrogen-bond donors (Lipinski definition) is 0. The minimum atomic E-state index is -4.67. The monoisotopic (exact) mass is 469 g/mol. The smallest absolute Gasteiger partial charge is 0.362 e. The second-order valence-corrected chi connectivity index (χ2v) is 8.03. The Kier molecular flexibility index (Phi) is 6.54. The van der Waals surface area contributed by atoms with Crippen LogP contribution in [-0.4, -0.2) is 41.9 Å². The first-order valence-electron chi connectivity index (χ1n) is 10.7. The van der Waals surface area contributed by atoms with Gasteiger partial charge in [0.25, 0.3) is 5.69 Å². The third-order valence-electron chi connectivity index (χ3n) is 5.94. The molecule has 6 nitrogen and oxygen atoms in total. The molecule has 0 bridgehead atoms. The maximum Gasteiger partial charge on any atom is 0.416 e. The number of benzene rings is 3. The molecule has 0 aliphatic carbocycles. The minimum Gasteiger partial charge on any atom is -0.362 e. The van der Waals surface area contributed by atoms with Crippen LogP contribution in [0.3, 0.4) is 0 Å². The van der Waals surface area contributed by atoms with E-state index in [2.05, 4.69) is 0 Å². The van der Waals surface area contributed by atoms with E-state index in [-0.39, 0.29) is 24.7 Å². The van der Waals surface area contributed by atoms with Crippen molar-refractivity contribution in [1.82, 2.24) is 4.90 Å². The fourth-order valence-corrected chi connectivity index (χ4v) is 4.23. The summed E-state index contributed by atoms with van der Waals surface area (Å²) in [4.78, 5) is 27.6. The van der Waals surface area contributed by atoms with E-state index in [1.165, 1.54) is 0 Å². The first-order chi connectivity index (χ1) is 16.3. The van der Waals surface area contributed by atoms with E-state index >= 15 is 0 Å². The summed E-state index contributed by atoms with van der Waals surface area (Å²) < 4.78 is 39.1. The zero-order valence-corrected chi connectivity index (χ0v) is 18.1. The van der Waals surface area contributed by atoms with Crippen LogP contribution in [0, 0.1) is 10.1 Å². The van der Waals surface area contributed by atoms with Gasteiger partial charge in [-0.15, -0.1) is 0 Å². The van der Waals surface area contributed by atoms with Gasteiger partial charge in [0.05, 0.1) is 16.4 Å². The summed E-state index contributed by atoms with van der Waals surface area (Å²) in [6.45, 7) is 1.14. The molecule has 1 heterocycles. The summed E-state index contributed by atoms with van der Waals surface area (Å²) >= 11 is 0. The lowest BCUT2D eigenvalue weighted by atomic mass is 9.90. The highest BCUT2D eigenvalue weighted by Crippen LogP contribution is 2.37. The number of rotatable bonds is 5. The highest BCUT2D eigenvalue weighted by Gasteiger charge is 2.35. The van der Waals surface area contributed by atoms with Crippen molar-refractivity contribution in [3.8, 4) is 0 Å². The molecule has 4 rings (SSSR count). The van der Waals surface area contributed by atoms with Crippen LogP contribution in [0.5, 0.6) is 0 Å². The van der Waals surface area contributed by atoms with Gasteiger partial charge in [0, 0.05) is 32.2 Å². The van der Waals surface area contributed by atoms with E-state index in [1.807, 2.05) is 60.7 Å². The van der Waals surface area contributed by atoms with Crippen molar-refractivity contribution < 1.29 is 22.9 Å². The topological polar surface area (TPSA) is 66.7 Å². The van der Waals surface area contributed by atoms with Crippen LogP contribution in [0.25, 0.3) is 0 Å². The predicted octanol–water partition coefficient (Wildman–Crippen LogP) is 5.09. The lowest BCUT2D eigenvalue weighted by molar-refractivity contribution is -0.384. The third-order valence-corrected chi connectivity index (χ3v) is 5.94. The Balaban J connectivity index is 1.54. The van der Waals surface area contributed by atoms with Crippen LogP contribution in [-0.2, 0) is 11.0 Å². The summed E-state index contributed by atoms with van der Waals surface area (Å²) in [7, 11) is 0. The van der Waals surface area contributed by atoms with E-state index in [1.54, 1.807) is 9.80 Å². The van der Waals surface area contributed by atoms with Crippen LogP contribution in [0.2, 0.25) is 0 Å². The average molecular weight is 469 g/mol. The molecular formula is C25H22F3N3O3. The molecule has 1 saturated heterocycles. The summed E-state index contributed by atoms with van der Waals surface area (Å²) in [5.74, 6) is -0.576. The van der Waals surface area contributed by atoms with Crippen LogP contribution < -0.4 is 4.90 Å². The molecule has 1 fully saturated rings. The Bertz CT molecular complexity index is 1120. The first kappa shape index (κ1) is 23.3. The number of amides is 1. The fraction of sp³-hybridized carbons (Fsp3) is 0.240. The van der Waals surface area contributed by atoms with E-state index < -0.39 is 28.3 Å². The number of nitrogens with zero attached hydrogens (tertiary/aromatic N) is 3. The van der Waals surface area contributed by atoms with Gasteiger partial charge in [-0.25, -0.2) is 0 Å². The number of piperazine rings is 1. The second kappa shape index (κ2) is 9.54. The van der Waals surface area contributed by atoms with Gasteiger partial charge in [0.2, 0.25) is 5.91 Å². The van der Waals surface area contributed by atoms with Gasteiger partial charge in [0.1, 0.15) is 5.69 Å². The SMILES string of the molecule is O=C(C(c1ccccc1)c1ccccc1)N1CCN(c2ccc(C(F)(F)F)cc2[N+](=O)[O-])CC1. The molecule has 1 aliphatic heterocycles. The van der Waals surface area contributed by atoms with Crippen molar-refractivity contribution >= 4 is 17.3 Å². The number of halogens is 3. The maximum absolute atomic E-state index is 13.5. The van der Waals surface area contributed by atoms with Crippen molar-refractivity contribution in [2.45, 2.75) is 12.1 Å². The Morgan fingerprint density at radius 3 is 1.85 bits per heavy atom. The number of nitro benzene ring substituents is 1. The van der Waals surface area contributed by atoms with E-state index in [0.29, 0.717) is 19.2 Å². The van der Waals surface area contributed by atoms with Crippen LogP contribution >= 0.6 is 0 Å². The molecular weight excluding hydrogens is 447 g/mol. The zero-order chi connectivity index (χ0) is 24.3. The predicted molar refractivity (Wildman–Crippen MR) is 122 cm³/mol. The molecule has 0 radical (unpaired) electrons. The maximum atomic E-state index is 13.5. The number of anilines is 1. The van der Waals surface area contributed by atoms with Gasteiger partial charge >= 0.3 is 6.18 Å². The average Bonchev–Trinajstić information content (AvgIpc) is 2.84. The standard InChI is InChI=1S/C25H22F3N3O3/c26-25(27,28)20-11-12-21(22(17-20)31(33)34)29-13-15-30(16-14-29)24(32)23(18-7-3-1-4-8-18)19-9-5-2-6-10-19/h1-12,17,23H,13-16H2. The quantitative estimate of drug-likeness (QED) is 0.386. The second-order valence-electron chi connectivity index (χ2n) is 8.03. The largest absolute Gasteiger partial charge is 0.416 e. The summed E-state index contributed by atoms with van der Waals surface area (Å²) in [6, 6.07) is 21.4. The zero-order valence-electron chi connectivity index (χ0n) is 18.1. The molecule has 3 aromatic rings. The van der Waals surface area contributed by atoms with E-state index in [0.717, 1.165) is 23.3 Å². The number of carbonyl (C=O) groups is 1. The lowest BCUT2D eigenvalue weighted by Gasteiger charge is -2.37. The van der Waals surface area contributed by atoms with Crippen LogP contribution in [0.15, 0.2) is 78.9 Å². The highest BCUT2D eigenvalue weighted by molar-refractivity contribution is 5.87. The van der Waals surface area contributed by atoms with Crippen molar-refractivity contribution in [3.05, 3.63) is 106 Å². The van der Waals surface area contributed by atoms with Crippen LogP contribution in [0.4, 0.5) is 24.5 Å². The van der Waals surface area contributed by atoms with Gasteiger partial charge in [-0.2, -0.15) is 13.2 Å². The van der Waals surface area contributed by atoms with E-state index in [9.17, 15) is 28.1 Å². The molecule has 0 spiro atoms. The number of carbonyl (C=O) groups excluding carboxylic acids is 1. The Labute approximate surface area is 194 Å².